The molecular weight excluding hydrogens is 147 g/mol. The molecule has 0 saturated carbocycles. The Labute approximate surface area is 52.3 Å². The van der Waals surface area contributed by atoms with Gasteiger partial charge < -0.3 is 0 Å². The quantitative estimate of drug-likeness (QED) is 0.476. The molecule has 0 aliphatic carbocycles. The van der Waals surface area contributed by atoms with Gasteiger partial charge in [0.25, 0.3) is 10.1 Å². The third kappa shape index (κ3) is 1.76. The van der Waals surface area contributed by atoms with E-state index in [4.69, 9.17) is 0 Å². The molecular formula is C4H5FO3S. The summed E-state index contributed by atoms with van der Waals surface area (Å²) in [7, 11) is -3.69. The lowest BCUT2D eigenvalue weighted by atomic mass is 10.4. The highest BCUT2D eigenvalue weighted by atomic mass is 32.2. The van der Waals surface area contributed by atoms with E-state index in [0.29, 0.717) is 0 Å². The van der Waals surface area contributed by atoms with Gasteiger partial charge in [-0.1, -0.05) is 6.08 Å². The monoisotopic (exact) mass is 152 g/mol. The van der Waals surface area contributed by atoms with Crippen LogP contribution in [0.25, 0.3) is 0 Å². The maximum Gasteiger partial charge on any atom is 0.292 e. The summed E-state index contributed by atoms with van der Waals surface area (Å²) in [5.74, 6) is 0. The van der Waals surface area contributed by atoms with Gasteiger partial charge in [0.2, 0.25) is 6.36 Å². The van der Waals surface area contributed by atoms with Crippen molar-refractivity contribution in [2.75, 3.05) is 0 Å². The fourth-order valence-electron chi connectivity index (χ4n) is 0.497. The van der Waals surface area contributed by atoms with Gasteiger partial charge in [0.15, 0.2) is 0 Å². The van der Waals surface area contributed by atoms with E-state index in [1.165, 1.54) is 6.08 Å². The molecule has 1 atom stereocenters. The molecule has 1 rings (SSSR count). The van der Waals surface area contributed by atoms with E-state index in [1.807, 2.05) is 0 Å². The van der Waals surface area contributed by atoms with Gasteiger partial charge in [-0.15, -0.1) is 0 Å². The molecule has 0 aromatic carbocycles. The minimum atomic E-state index is -3.69. The first-order valence-electron chi connectivity index (χ1n) is 2.34. The summed E-state index contributed by atoms with van der Waals surface area (Å²) in [6.45, 7) is 0. The first kappa shape index (κ1) is 6.70. The van der Waals surface area contributed by atoms with Crippen LogP contribution >= 0.6 is 0 Å². The minimum Gasteiger partial charge on any atom is -0.229 e. The molecule has 52 valence electrons. The number of hydrogen-bond donors (Lipinski definition) is 0. The molecule has 0 bridgehead atoms. The summed E-state index contributed by atoms with van der Waals surface area (Å²) >= 11 is 0. The van der Waals surface area contributed by atoms with Crippen LogP contribution in [0.1, 0.15) is 6.42 Å². The van der Waals surface area contributed by atoms with Crippen LogP contribution in [0.5, 0.6) is 0 Å². The molecule has 3 nitrogen and oxygen atoms in total. The zero-order chi connectivity index (χ0) is 6.91. The maximum absolute atomic E-state index is 12.0. The summed E-state index contributed by atoms with van der Waals surface area (Å²) in [6, 6.07) is 0. The van der Waals surface area contributed by atoms with Gasteiger partial charge in [-0.25, -0.2) is 8.57 Å². The fraction of sp³-hybridized carbons (Fsp3) is 0.500. The van der Waals surface area contributed by atoms with E-state index in [0.717, 1.165) is 5.41 Å². The Bertz CT molecular complexity index is 218. The van der Waals surface area contributed by atoms with Crippen LogP contribution in [0.3, 0.4) is 0 Å². The molecule has 0 aromatic rings. The van der Waals surface area contributed by atoms with Gasteiger partial charge in [0.05, 0.1) is 5.41 Å². The van der Waals surface area contributed by atoms with Gasteiger partial charge in [0, 0.05) is 6.42 Å². The first-order valence-corrected chi connectivity index (χ1v) is 3.81. The predicted molar refractivity (Wildman–Crippen MR) is 28.7 cm³/mol. The molecule has 0 saturated heterocycles. The van der Waals surface area contributed by atoms with Crippen LogP contribution < -0.4 is 0 Å². The molecule has 1 unspecified atom stereocenters. The number of halogens is 1. The number of rotatable bonds is 0. The molecule has 1 heterocycles. The molecule has 0 aromatic heterocycles. The predicted octanol–water partition coefficient (Wildman–Crippen LogP) is 0.546. The average Bonchev–Trinajstić information content (AvgIpc) is 1.60. The van der Waals surface area contributed by atoms with E-state index < -0.39 is 16.5 Å². The van der Waals surface area contributed by atoms with Gasteiger partial charge in [-0.2, -0.15) is 8.42 Å². The molecule has 0 fully saturated rings. The Kier molecular flexibility index (Phi) is 1.54. The third-order valence-electron chi connectivity index (χ3n) is 0.823. The van der Waals surface area contributed by atoms with Crippen molar-refractivity contribution in [3.63, 3.8) is 0 Å². The van der Waals surface area contributed by atoms with Crippen molar-refractivity contribution in [3.05, 3.63) is 11.5 Å². The molecule has 0 spiro atoms. The third-order valence-corrected chi connectivity index (χ3v) is 1.83. The Morgan fingerprint density at radius 2 is 2.33 bits per heavy atom. The normalized spacial score (nSPS) is 32.3. The summed E-state index contributed by atoms with van der Waals surface area (Å²) in [4.78, 5) is 0. The smallest absolute Gasteiger partial charge is 0.229 e. The largest absolute Gasteiger partial charge is 0.292 e. The highest BCUT2D eigenvalue weighted by Crippen LogP contribution is 2.13. The lowest BCUT2D eigenvalue weighted by molar-refractivity contribution is 0.0764. The topological polar surface area (TPSA) is 43.4 Å². The van der Waals surface area contributed by atoms with Crippen LogP contribution in [-0.4, -0.2) is 14.8 Å². The van der Waals surface area contributed by atoms with Crippen molar-refractivity contribution in [2.45, 2.75) is 12.8 Å². The van der Waals surface area contributed by atoms with Crippen molar-refractivity contribution in [2.24, 2.45) is 0 Å². The Balaban J connectivity index is 2.84. The average molecular weight is 152 g/mol. The molecule has 1 aliphatic rings. The van der Waals surface area contributed by atoms with Gasteiger partial charge in [-0.05, 0) is 0 Å². The van der Waals surface area contributed by atoms with E-state index in [2.05, 4.69) is 4.18 Å². The Morgan fingerprint density at radius 3 is 2.67 bits per heavy atom. The second-order valence-corrected chi connectivity index (χ2v) is 3.06. The lowest BCUT2D eigenvalue weighted by Crippen LogP contribution is -2.14. The summed E-state index contributed by atoms with van der Waals surface area (Å²) < 4.78 is 36.5. The van der Waals surface area contributed by atoms with Crippen molar-refractivity contribution < 1.29 is 17.0 Å². The zero-order valence-corrected chi connectivity index (χ0v) is 5.27. The van der Waals surface area contributed by atoms with Gasteiger partial charge >= 0.3 is 0 Å². The summed E-state index contributed by atoms with van der Waals surface area (Å²) in [5, 5.41) is 0.850. The number of alkyl halides is 1. The standard InChI is InChI=1S/C4H5FO3S/c5-4-2-1-3-9(6,7)8-4/h1,3-4H,2H2. The second-order valence-electron chi connectivity index (χ2n) is 1.61. The van der Waals surface area contributed by atoms with E-state index in [9.17, 15) is 12.8 Å². The zero-order valence-electron chi connectivity index (χ0n) is 4.45. The van der Waals surface area contributed by atoms with Crippen molar-refractivity contribution >= 4 is 10.1 Å². The van der Waals surface area contributed by atoms with Gasteiger partial charge in [0.1, 0.15) is 0 Å². The van der Waals surface area contributed by atoms with Crippen LogP contribution in [0.4, 0.5) is 4.39 Å². The first-order chi connectivity index (χ1) is 4.10. The lowest BCUT2D eigenvalue weighted by Gasteiger charge is -2.08. The molecule has 1 aliphatic heterocycles. The molecule has 0 radical (unpaired) electrons. The van der Waals surface area contributed by atoms with E-state index >= 15 is 0 Å². The molecule has 0 amide bonds. The summed E-state index contributed by atoms with van der Waals surface area (Å²) in [5.41, 5.74) is 0. The van der Waals surface area contributed by atoms with Gasteiger partial charge in [-0.3, -0.25) is 0 Å². The van der Waals surface area contributed by atoms with Crippen LogP contribution in [0.2, 0.25) is 0 Å². The summed E-state index contributed by atoms with van der Waals surface area (Å²) in [6.07, 6.45) is -0.456. The van der Waals surface area contributed by atoms with Crippen LogP contribution in [0.15, 0.2) is 11.5 Å². The van der Waals surface area contributed by atoms with E-state index in [-0.39, 0.29) is 6.42 Å². The van der Waals surface area contributed by atoms with Crippen LogP contribution in [-0.2, 0) is 14.3 Å². The Morgan fingerprint density at radius 1 is 1.67 bits per heavy atom. The van der Waals surface area contributed by atoms with E-state index in [1.54, 1.807) is 0 Å². The fourth-order valence-corrected chi connectivity index (χ4v) is 1.28. The van der Waals surface area contributed by atoms with Crippen molar-refractivity contribution in [1.82, 2.24) is 0 Å². The second kappa shape index (κ2) is 2.07. The maximum atomic E-state index is 12.0. The van der Waals surface area contributed by atoms with Crippen molar-refractivity contribution in [3.8, 4) is 0 Å². The number of hydrogen-bond acceptors (Lipinski definition) is 3. The molecule has 9 heavy (non-hydrogen) atoms. The highest BCUT2D eigenvalue weighted by molar-refractivity contribution is 7.89. The molecule has 0 N–H and O–H groups in total. The Hall–Kier alpha value is -0.420. The minimum absolute atomic E-state index is 0.0131. The highest BCUT2D eigenvalue weighted by Gasteiger charge is 2.18. The van der Waals surface area contributed by atoms with Crippen LogP contribution in [0, 0.1) is 0 Å². The SMILES string of the molecule is O=S1(=O)C=CCC(F)O1. The van der Waals surface area contributed by atoms with Crippen molar-refractivity contribution in [1.29, 1.82) is 0 Å². The molecule has 5 heteroatoms.